The van der Waals surface area contributed by atoms with E-state index in [1.807, 2.05) is 12.4 Å². The van der Waals surface area contributed by atoms with Crippen molar-refractivity contribution in [3.63, 3.8) is 0 Å². The van der Waals surface area contributed by atoms with E-state index in [4.69, 9.17) is 0 Å². The number of aromatic amines is 2. The van der Waals surface area contributed by atoms with Gasteiger partial charge >= 0.3 is 0 Å². The summed E-state index contributed by atoms with van der Waals surface area (Å²) in [7, 11) is 0. The van der Waals surface area contributed by atoms with Gasteiger partial charge in [0.05, 0.1) is 12.4 Å². The van der Waals surface area contributed by atoms with Crippen LogP contribution < -0.4 is 0 Å². The molecule has 0 saturated heterocycles. The van der Waals surface area contributed by atoms with Crippen molar-refractivity contribution in [2.24, 2.45) is 0 Å². The molecule has 2 N–H and O–H groups in total. The summed E-state index contributed by atoms with van der Waals surface area (Å²) in [6.45, 7) is 0. The second-order valence-corrected chi connectivity index (χ2v) is 3.98. The number of aromatic nitrogens is 5. The summed E-state index contributed by atoms with van der Waals surface area (Å²) in [5.74, 6) is 1.05. The van der Waals surface area contributed by atoms with Gasteiger partial charge in [0, 0.05) is 6.20 Å². The Bertz CT molecular complexity index is 305. The number of nitrogens with zero attached hydrogens (tertiary/aromatic N) is 3. The molecule has 2 rings (SSSR count). The molecule has 2 aromatic rings. The molecule has 0 unspecified atom stereocenters. The number of rotatable bonds is 5. The van der Waals surface area contributed by atoms with Gasteiger partial charge in [-0.2, -0.15) is 15.4 Å². The Balaban J connectivity index is 1.65. The smallest absolute Gasteiger partial charge is 0.138 e. The minimum Gasteiger partial charge on any atom is -0.285 e. The van der Waals surface area contributed by atoms with E-state index >= 15 is 0 Å². The van der Waals surface area contributed by atoms with Crippen molar-refractivity contribution in [3.8, 4) is 0 Å². The van der Waals surface area contributed by atoms with Gasteiger partial charge in [-0.3, -0.25) is 5.10 Å². The maximum Gasteiger partial charge on any atom is 0.138 e. The second kappa shape index (κ2) is 4.80. The van der Waals surface area contributed by atoms with E-state index < -0.39 is 0 Å². The molecule has 0 radical (unpaired) electrons. The summed E-state index contributed by atoms with van der Waals surface area (Å²) in [4.78, 5) is 0. The van der Waals surface area contributed by atoms with Crippen molar-refractivity contribution in [2.45, 2.75) is 17.9 Å². The molecular formula is C8H11N5S. The lowest BCUT2D eigenvalue weighted by Crippen LogP contribution is -1.85. The van der Waals surface area contributed by atoms with Crippen molar-refractivity contribution in [2.75, 3.05) is 5.75 Å². The fraction of sp³-hybridized carbons (Fsp3) is 0.375. The van der Waals surface area contributed by atoms with Gasteiger partial charge in [-0.15, -0.1) is 16.9 Å². The highest BCUT2D eigenvalue weighted by Crippen LogP contribution is 2.14. The average molecular weight is 209 g/mol. The van der Waals surface area contributed by atoms with E-state index in [-0.39, 0.29) is 0 Å². The number of hydrogen-bond acceptors (Lipinski definition) is 4. The van der Waals surface area contributed by atoms with Crippen LogP contribution in [0.4, 0.5) is 0 Å². The highest BCUT2D eigenvalue weighted by atomic mass is 32.2. The topological polar surface area (TPSA) is 70.2 Å². The Morgan fingerprint density at radius 3 is 3.00 bits per heavy atom. The van der Waals surface area contributed by atoms with Crippen LogP contribution >= 0.6 is 11.8 Å². The highest BCUT2D eigenvalue weighted by Gasteiger charge is 1.97. The molecule has 74 valence electrons. The zero-order valence-corrected chi connectivity index (χ0v) is 8.42. The lowest BCUT2D eigenvalue weighted by molar-refractivity contribution is 0.905. The fourth-order valence-electron chi connectivity index (χ4n) is 1.13. The molecular weight excluding hydrogens is 198 g/mol. The van der Waals surface area contributed by atoms with Crippen molar-refractivity contribution in [1.29, 1.82) is 0 Å². The molecule has 0 atom stereocenters. The van der Waals surface area contributed by atoms with Crippen LogP contribution in [0.3, 0.4) is 0 Å². The third kappa shape index (κ3) is 2.59. The minimum absolute atomic E-state index is 0.956. The van der Waals surface area contributed by atoms with E-state index in [2.05, 4.69) is 25.6 Å². The molecule has 0 aliphatic carbocycles. The molecule has 2 aromatic heterocycles. The first-order valence-corrected chi connectivity index (χ1v) is 5.40. The first-order chi connectivity index (χ1) is 6.95. The van der Waals surface area contributed by atoms with Crippen LogP contribution in [-0.2, 0) is 6.42 Å². The third-order valence-corrected chi connectivity index (χ3v) is 2.79. The Kier molecular flexibility index (Phi) is 3.18. The Morgan fingerprint density at radius 1 is 1.29 bits per heavy atom. The SMILES string of the molecule is c1n[nH]cc1CCCSc1cn[nH]n1. The lowest BCUT2D eigenvalue weighted by Gasteiger charge is -1.95. The van der Waals surface area contributed by atoms with Crippen LogP contribution in [0.25, 0.3) is 0 Å². The van der Waals surface area contributed by atoms with Gasteiger partial charge in [0.2, 0.25) is 0 Å². The van der Waals surface area contributed by atoms with Crippen LogP contribution in [0.1, 0.15) is 12.0 Å². The van der Waals surface area contributed by atoms with E-state index in [0.717, 1.165) is 23.6 Å². The molecule has 14 heavy (non-hydrogen) atoms. The number of H-pyrrole nitrogens is 2. The van der Waals surface area contributed by atoms with Gasteiger partial charge in [-0.1, -0.05) is 0 Å². The van der Waals surface area contributed by atoms with Gasteiger partial charge in [-0.25, -0.2) is 0 Å². The van der Waals surface area contributed by atoms with Gasteiger partial charge in [0.15, 0.2) is 0 Å². The molecule has 5 nitrogen and oxygen atoms in total. The van der Waals surface area contributed by atoms with Crippen molar-refractivity contribution >= 4 is 11.8 Å². The normalized spacial score (nSPS) is 10.6. The molecule has 0 aromatic carbocycles. The summed E-state index contributed by atoms with van der Waals surface area (Å²) in [5, 5.41) is 17.9. The van der Waals surface area contributed by atoms with Gasteiger partial charge in [0.25, 0.3) is 0 Å². The maximum absolute atomic E-state index is 3.96. The molecule has 0 saturated carbocycles. The molecule has 0 fully saturated rings. The van der Waals surface area contributed by atoms with Gasteiger partial charge in [-0.05, 0) is 24.2 Å². The summed E-state index contributed by atoms with van der Waals surface area (Å²) in [6.07, 6.45) is 7.71. The molecule has 0 spiro atoms. The molecule has 0 bridgehead atoms. The molecule has 6 heteroatoms. The van der Waals surface area contributed by atoms with E-state index in [9.17, 15) is 0 Å². The van der Waals surface area contributed by atoms with Crippen LogP contribution in [0.5, 0.6) is 0 Å². The van der Waals surface area contributed by atoms with E-state index in [0.29, 0.717) is 0 Å². The Hall–Kier alpha value is -1.30. The fourth-order valence-corrected chi connectivity index (χ4v) is 1.86. The zero-order valence-electron chi connectivity index (χ0n) is 7.60. The quantitative estimate of drug-likeness (QED) is 0.574. The number of thioether (sulfide) groups is 1. The summed E-state index contributed by atoms with van der Waals surface area (Å²) in [5.41, 5.74) is 1.26. The first kappa shape index (κ1) is 9.26. The largest absolute Gasteiger partial charge is 0.285 e. The highest BCUT2D eigenvalue weighted by molar-refractivity contribution is 7.99. The van der Waals surface area contributed by atoms with Gasteiger partial charge < -0.3 is 0 Å². The molecule has 0 amide bonds. The minimum atomic E-state index is 0.956. The van der Waals surface area contributed by atoms with E-state index in [1.165, 1.54) is 5.56 Å². The number of nitrogens with one attached hydrogen (secondary N) is 2. The third-order valence-electron chi connectivity index (χ3n) is 1.81. The number of aryl methyl sites for hydroxylation is 1. The molecule has 0 aliphatic rings. The van der Waals surface area contributed by atoms with Crippen LogP contribution in [0, 0.1) is 0 Å². The Morgan fingerprint density at radius 2 is 2.29 bits per heavy atom. The monoisotopic (exact) mass is 209 g/mol. The average Bonchev–Trinajstić information content (AvgIpc) is 2.86. The maximum atomic E-state index is 3.96. The van der Waals surface area contributed by atoms with Crippen molar-refractivity contribution in [3.05, 3.63) is 24.2 Å². The molecule has 0 aliphatic heterocycles. The zero-order chi connectivity index (χ0) is 9.64. The summed E-state index contributed by atoms with van der Waals surface area (Å²) >= 11 is 1.71. The lowest BCUT2D eigenvalue weighted by atomic mass is 10.2. The van der Waals surface area contributed by atoms with E-state index in [1.54, 1.807) is 18.0 Å². The van der Waals surface area contributed by atoms with Crippen LogP contribution in [0.15, 0.2) is 23.6 Å². The number of hydrogen-bond donors (Lipinski definition) is 2. The standard InChI is InChI=1S/C8H11N5S/c1(2-7-4-9-10-5-7)3-14-8-6-11-13-12-8/h4-6H,1-3H2,(H,9,10)(H,11,12,13). The second-order valence-electron chi connectivity index (χ2n) is 2.87. The van der Waals surface area contributed by atoms with Crippen LogP contribution in [0.2, 0.25) is 0 Å². The first-order valence-electron chi connectivity index (χ1n) is 4.41. The van der Waals surface area contributed by atoms with Crippen molar-refractivity contribution in [1.82, 2.24) is 25.6 Å². The Labute approximate surface area is 85.7 Å². The predicted octanol–water partition coefficient (Wildman–Crippen LogP) is 1.25. The summed E-state index contributed by atoms with van der Waals surface area (Å²) < 4.78 is 0. The molecule has 2 heterocycles. The van der Waals surface area contributed by atoms with Gasteiger partial charge in [0.1, 0.15) is 5.03 Å². The summed E-state index contributed by atoms with van der Waals surface area (Å²) in [6, 6.07) is 0. The predicted molar refractivity (Wildman–Crippen MR) is 54.0 cm³/mol. The van der Waals surface area contributed by atoms with Crippen LogP contribution in [-0.4, -0.2) is 31.4 Å². The van der Waals surface area contributed by atoms with Crippen molar-refractivity contribution < 1.29 is 0 Å².